The molecule has 1 fully saturated rings. The van der Waals surface area contributed by atoms with Crippen molar-refractivity contribution in [3.63, 3.8) is 0 Å². The average Bonchev–Trinajstić information content (AvgIpc) is 2.73. The highest BCUT2D eigenvalue weighted by Crippen LogP contribution is 2.22. The van der Waals surface area contributed by atoms with Crippen molar-refractivity contribution in [2.75, 3.05) is 46.3 Å². The van der Waals surface area contributed by atoms with Crippen molar-refractivity contribution in [3.05, 3.63) is 65.2 Å². The van der Waals surface area contributed by atoms with Gasteiger partial charge in [0.25, 0.3) is 0 Å². The van der Waals surface area contributed by atoms with E-state index in [1.54, 1.807) is 17.9 Å². The van der Waals surface area contributed by atoms with Crippen molar-refractivity contribution >= 4 is 15.9 Å². The lowest BCUT2D eigenvalue weighted by Crippen LogP contribution is -2.51. The lowest BCUT2D eigenvalue weighted by molar-refractivity contribution is -0.132. The van der Waals surface area contributed by atoms with E-state index in [1.165, 1.54) is 4.31 Å². The van der Waals surface area contributed by atoms with E-state index >= 15 is 0 Å². The molecule has 0 atom stereocenters. The number of aryl methyl sites for hydroxylation is 2. The molecule has 0 spiro atoms. The molecule has 1 aliphatic heterocycles. The Morgan fingerprint density at radius 1 is 1.00 bits per heavy atom. The van der Waals surface area contributed by atoms with Gasteiger partial charge in [0.15, 0.2) is 0 Å². The normalized spacial score (nSPS) is 15.5. The van der Waals surface area contributed by atoms with Gasteiger partial charge in [0.05, 0.1) is 11.4 Å². The summed E-state index contributed by atoms with van der Waals surface area (Å²) in [6.07, 6.45) is 0.556. The van der Waals surface area contributed by atoms with Crippen LogP contribution in [0.15, 0.2) is 53.4 Å². The van der Waals surface area contributed by atoms with Crippen LogP contribution in [0.5, 0.6) is 0 Å². The summed E-state index contributed by atoms with van der Waals surface area (Å²) in [5, 5.41) is 0. The first-order valence-electron chi connectivity index (χ1n) is 10.3. The maximum Gasteiger partial charge on any atom is 0.243 e. The molecule has 0 N–H and O–H groups in total. The van der Waals surface area contributed by atoms with Crippen LogP contribution in [0.25, 0.3) is 0 Å². The molecule has 0 saturated carbocycles. The lowest BCUT2D eigenvalue weighted by Gasteiger charge is -2.34. The van der Waals surface area contributed by atoms with Gasteiger partial charge in [0, 0.05) is 32.7 Å². The van der Waals surface area contributed by atoms with E-state index in [1.807, 2.05) is 56.4 Å². The van der Waals surface area contributed by atoms with Crippen LogP contribution < -0.4 is 0 Å². The molecule has 2 aromatic rings. The van der Waals surface area contributed by atoms with E-state index in [-0.39, 0.29) is 23.9 Å². The minimum atomic E-state index is -3.79. The van der Waals surface area contributed by atoms with Crippen LogP contribution in [-0.4, -0.2) is 74.7 Å². The Labute approximate surface area is 180 Å². The van der Waals surface area contributed by atoms with E-state index in [0.29, 0.717) is 25.1 Å². The summed E-state index contributed by atoms with van der Waals surface area (Å²) in [5.41, 5.74) is 2.62. The van der Waals surface area contributed by atoms with Gasteiger partial charge in [-0.1, -0.05) is 42.5 Å². The first kappa shape index (κ1) is 22.5. The van der Waals surface area contributed by atoms with Gasteiger partial charge >= 0.3 is 0 Å². The average molecular weight is 430 g/mol. The third kappa shape index (κ3) is 5.47. The van der Waals surface area contributed by atoms with E-state index in [2.05, 4.69) is 4.90 Å². The molecule has 0 radical (unpaired) electrons. The van der Waals surface area contributed by atoms with E-state index < -0.39 is 10.0 Å². The van der Waals surface area contributed by atoms with Crippen LogP contribution in [0.4, 0.5) is 0 Å². The highest BCUT2D eigenvalue weighted by atomic mass is 32.2. The Balaban J connectivity index is 1.84. The second kappa shape index (κ2) is 9.73. The number of hydrogen-bond donors (Lipinski definition) is 0. The molecule has 1 saturated heterocycles. The minimum absolute atomic E-state index is 0.133. The lowest BCUT2D eigenvalue weighted by atomic mass is 10.1. The molecule has 0 aliphatic carbocycles. The SMILES string of the molecule is Cc1ccc(C)c(S(=O)(=O)N(CCc2ccccc2)CC(=O)N2CCN(C)CC2)c1. The van der Waals surface area contributed by atoms with Crippen LogP contribution in [-0.2, 0) is 21.2 Å². The Bertz CT molecular complexity index is 968. The number of rotatable bonds is 7. The zero-order valence-corrected chi connectivity index (χ0v) is 18.9. The quantitative estimate of drug-likeness (QED) is 0.678. The summed E-state index contributed by atoms with van der Waals surface area (Å²) >= 11 is 0. The van der Waals surface area contributed by atoms with Crippen LogP contribution >= 0.6 is 0 Å². The highest BCUT2D eigenvalue weighted by Gasteiger charge is 2.30. The molecule has 1 aliphatic rings. The summed E-state index contributed by atoms with van der Waals surface area (Å²) in [6.45, 7) is 6.67. The highest BCUT2D eigenvalue weighted by molar-refractivity contribution is 7.89. The third-order valence-electron chi connectivity index (χ3n) is 5.62. The van der Waals surface area contributed by atoms with Gasteiger partial charge in [-0.25, -0.2) is 8.42 Å². The molecule has 0 aromatic heterocycles. The molecule has 1 heterocycles. The number of carbonyl (C=O) groups excluding carboxylic acids is 1. The number of sulfonamides is 1. The van der Waals surface area contributed by atoms with Crippen molar-refractivity contribution < 1.29 is 13.2 Å². The van der Waals surface area contributed by atoms with Gasteiger partial charge in [0.1, 0.15) is 0 Å². The second-order valence-electron chi connectivity index (χ2n) is 8.03. The largest absolute Gasteiger partial charge is 0.339 e. The van der Waals surface area contributed by atoms with Crippen molar-refractivity contribution in [1.29, 1.82) is 0 Å². The summed E-state index contributed by atoms with van der Waals surface area (Å²) in [4.78, 5) is 17.2. The summed E-state index contributed by atoms with van der Waals surface area (Å²) in [5.74, 6) is -0.134. The van der Waals surface area contributed by atoms with E-state index in [4.69, 9.17) is 0 Å². The first-order valence-corrected chi connectivity index (χ1v) is 11.8. The van der Waals surface area contributed by atoms with E-state index in [9.17, 15) is 13.2 Å². The Morgan fingerprint density at radius 3 is 2.33 bits per heavy atom. The molecule has 1 amide bonds. The fraction of sp³-hybridized carbons (Fsp3) is 0.435. The van der Waals surface area contributed by atoms with Crippen LogP contribution in [0.2, 0.25) is 0 Å². The van der Waals surface area contributed by atoms with Crippen molar-refractivity contribution in [1.82, 2.24) is 14.1 Å². The number of amides is 1. The molecule has 30 heavy (non-hydrogen) atoms. The number of piperazine rings is 1. The minimum Gasteiger partial charge on any atom is -0.339 e. The van der Waals surface area contributed by atoms with Gasteiger partial charge in [-0.05, 0) is 50.1 Å². The van der Waals surface area contributed by atoms with Gasteiger partial charge < -0.3 is 9.80 Å². The van der Waals surface area contributed by atoms with Crippen LogP contribution in [0.1, 0.15) is 16.7 Å². The topological polar surface area (TPSA) is 60.9 Å². The van der Waals surface area contributed by atoms with Gasteiger partial charge in [-0.3, -0.25) is 4.79 Å². The molecule has 6 nitrogen and oxygen atoms in total. The predicted octanol–water partition coefficient (Wildman–Crippen LogP) is 2.31. The Morgan fingerprint density at radius 2 is 1.67 bits per heavy atom. The van der Waals surface area contributed by atoms with Crippen LogP contribution in [0.3, 0.4) is 0 Å². The zero-order valence-electron chi connectivity index (χ0n) is 18.0. The number of benzene rings is 2. The zero-order chi connectivity index (χ0) is 21.7. The maximum absolute atomic E-state index is 13.5. The molecule has 3 rings (SSSR count). The number of hydrogen-bond acceptors (Lipinski definition) is 4. The molecule has 0 bridgehead atoms. The predicted molar refractivity (Wildman–Crippen MR) is 119 cm³/mol. The molecule has 0 unspecified atom stereocenters. The number of nitrogens with zero attached hydrogens (tertiary/aromatic N) is 3. The van der Waals surface area contributed by atoms with Crippen LogP contribution in [0, 0.1) is 13.8 Å². The standard InChI is InChI=1S/C23H31N3O3S/c1-19-9-10-20(2)22(17-19)30(28,29)26(12-11-21-7-5-4-6-8-21)18-23(27)25-15-13-24(3)14-16-25/h4-10,17H,11-16,18H2,1-3H3. The smallest absolute Gasteiger partial charge is 0.243 e. The van der Waals surface area contributed by atoms with Gasteiger partial charge in [-0.15, -0.1) is 0 Å². The van der Waals surface area contributed by atoms with Crippen molar-refractivity contribution in [2.24, 2.45) is 0 Å². The maximum atomic E-state index is 13.5. The van der Waals surface area contributed by atoms with Crippen molar-refractivity contribution in [3.8, 4) is 0 Å². The molecule has 2 aromatic carbocycles. The van der Waals surface area contributed by atoms with Crippen molar-refractivity contribution in [2.45, 2.75) is 25.2 Å². The Hall–Kier alpha value is -2.22. The molecule has 7 heteroatoms. The van der Waals surface area contributed by atoms with Gasteiger partial charge in [-0.2, -0.15) is 4.31 Å². The summed E-state index contributed by atoms with van der Waals surface area (Å²) < 4.78 is 28.4. The molecule has 162 valence electrons. The first-order chi connectivity index (χ1) is 14.3. The fourth-order valence-electron chi connectivity index (χ4n) is 3.61. The second-order valence-corrected chi connectivity index (χ2v) is 9.93. The summed E-state index contributed by atoms with van der Waals surface area (Å²) in [6, 6.07) is 15.2. The van der Waals surface area contributed by atoms with Gasteiger partial charge in [0.2, 0.25) is 15.9 Å². The Kier molecular flexibility index (Phi) is 7.28. The fourth-order valence-corrected chi connectivity index (χ4v) is 5.31. The number of carbonyl (C=O) groups is 1. The third-order valence-corrected chi connectivity index (χ3v) is 7.61. The van der Waals surface area contributed by atoms with E-state index in [0.717, 1.165) is 24.2 Å². The number of likely N-dealkylation sites (N-methyl/N-ethyl adjacent to an activating group) is 1. The summed E-state index contributed by atoms with van der Waals surface area (Å²) in [7, 11) is -1.77. The monoisotopic (exact) mass is 429 g/mol. The molecular formula is C23H31N3O3S. The molecular weight excluding hydrogens is 398 g/mol.